The lowest BCUT2D eigenvalue weighted by Crippen LogP contribution is -2.36. The van der Waals surface area contributed by atoms with Crippen LogP contribution in [0.25, 0.3) is 0 Å². The van der Waals surface area contributed by atoms with Crippen LogP contribution in [0.15, 0.2) is 47.4 Å². The van der Waals surface area contributed by atoms with Crippen molar-refractivity contribution in [2.45, 2.75) is 18.2 Å². The molecule has 2 aliphatic rings. The molecule has 4 rings (SSSR count). The quantitative estimate of drug-likeness (QED) is 0.825. The van der Waals surface area contributed by atoms with Crippen LogP contribution in [0.2, 0.25) is 0 Å². The average molecular weight is 358 g/mol. The van der Waals surface area contributed by atoms with E-state index in [0.29, 0.717) is 37.6 Å². The molecular weight excluding hydrogens is 340 g/mol. The second-order valence-electron chi connectivity index (χ2n) is 6.10. The molecule has 130 valence electrons. The number of anilines is 2. The van der Waals surface area contributed by atoms with E-state index in [1.807, 2.05) is 24.3 Å². The first-order valence-corrected chi connectivity index (χ1v) is 9.58. The molecule has 1 amide bonds. The third kappa shape index (κ3) is 2.55. The average Bonchev–Trinajstić information content (AvgIpc) is 3.05. The predicted octanol–water partition coefficient (Wildman–Crippen LogP) is 2.18. The first-order valence-electron chi connectivity index (χ1n) is 8.14. The van der Waals surface area contributed by atoms with Crippen molar-refractivity contribution in [1.29, 1.82) is 0 Å². The van der Waals surface area contributed by atoms with Crippen molar-refractivity contribution in [3.05, 3.63) is 48.0 Å². The summed E-state index contributed by atoms with van der Waals surface area (Å²) < 4.78 is 33.3. The Hall–Kier alpha value is -2.54. The maximum atomic E-state index is 13.1. The number of benzene rings is 2. The van der Waals surface area contributed by atoms with Gasteiger partial charge in [0.1, 0.15) is 12.4 Å². The molecule has 2 aromatic rings. The van der Waals surface area contributed by atoms with Crippen molar-refractivity contribution < 1.29 is 17.9 Å². The molecule has 0 spiro atoms. The SMILES string of the molecule is CC(=O)N1CCOc2ccc(S(=O)(=O)N3CCc4ccccc43)cc21. The van der Waals surface area contributed by atoms with Gasteiger partial charge < -0.3 is 9.64 Å². The molecule has 2 aliphatic heterocycles. The molecule has 0 saturated heterocycles. The van der Waals surface area contributed by atoms with Gasteiger partial charge in [0.25, 0.3) is 10.0 Å². The minimum absolute atomic E-state index is 0.134. The molecule has 6 nitrogen and oxygen atoms in total. The standard InChI is InChI=1S/C18H18N2O4S/c1-13(21)19-10-11-24-18-7-6-15(12-17(18)19)25(22,23)20-9-8-14-4-2-3-5-16(14)20/h2-7,12H,8-11H2,1H3. The number of fused-ring (bicyclic) bond motifs is 2. The molecule has 7 heteroatoms. The monoisotopic (exact) mass is 358 g/mol. The third-order valence-corrected chi connectivity index (χ3v) is 6.42. The van der Waals surface area contributed by atoms with Crippen molar-refractivity contribution in [1.82, 2.24) is 0 Å². The Bertz CT molecular complexity index is 955. The summed E-state index contributed by atoms with van der Waals surface area (Å²) in [6, 6.07) is 12.2. The van der Waals surface area contributed by atoms with Crippen LogP contribution >= 0.6 is 0 Å². The number of hydrogen-bond donors (Lipinski definition) is 0. The molecule has 0 atom stereocenters. The number of carbonyl (C=O) groups is 1. The van der Waals surface area contributed by atoms with E-state index in [0.717, 1.165) is 11.3 Å². The van der Waals surface area contributed by atoms with Gasteiger partial charge in [-0.25, -0.2) is 8.42 Å². The normalized spacial score (nSPS) is 16.2. The Kier molecular flexibility index (Phi) is 3.68. The zero-order valence-electron chi connectivity index (χ0n) is 13.8. The summed E-state index contributed by atoms with van der Waals surface area (Å²) in [5.74, 6) is 0.396. The highest BCUT2D eigenvalue weighted by Crippen LogP contribution is 2.37. The summed E-state index contributed by atoms with van der Waals surface area (Å²) in [6.07, 6.45) is 0.697. The summed E-state index contributed by atoms with van der Waals surface area (Å²) in [5, 5.41) is 0. The zero-order valence-corrected chi connectivity index (χ0v) is 14.6. The maximum Gasteiger partial charge on any atom is 0.264 e. The summed E-state index contributed by atoms with van der Waals surface area (Å²) >= 11 is 0. The topological polar surface area (TPSA) is 66.9 Å². The van der Waals surface area contributed by atoms with Gasteiger partial charge in [-0.3, -0.25) is 9.10 Å². The molecule has 0 aliphatic carbocycles. The van der Waals surface area contributed by atoms with E-state index in [2.05, 4.69) is 0 Å². The van der Waals surface area contributed by atoms with Gasteiger partial charge in [0, 0.05) is 13.5 Å². The number of carbonyl (C=O) groups excluding carboxylic acids is 1. The van der Waals surface area contributed by atoms with Gasteiger partial charge in [0.2, 0.25) is 5.91 Å². The molecular formula is C18H18N2O4S. The maximum absolute atomic E-state index is 13.1. The van der Waals surface area contributed by atoms with E-state index >= 15 is 0 Å². The van der Waals surface area contributed by atoms with Crippen LogP contribution < -0.4 is 13.9 Å². The van der Waals surface area contributed by atoms with E-state index in [1.54, 1.807) is 17.0 Å². The van der Waals surface area contributed by atoms with E-state index in [9.17, 15) is 13.2 Å². The first-order chi connectivity index (χ1) is 12.0. The molecule has 0 aromatic heterocycles. The number of ether oxygens (including phenoxy) is 1. The molecule has 0 bridgehead atoms. The summed E-state index contributed by atoms with van der Waals surface area (Å²) in [6.45, 7) is 2.70. The van der Waals surface area contributed by atoms with Crippen LogP contribution in [0.3, 0.4) is 0 Å². The van der Waals surface area contributed by atoms with Crippen molar-refractivity contribution in [2.24, 2.45) is 0 Å². The lowest BCUT2D eigenvalue weighted by Gasteiger charge is -2.29. The number of nitrogens with zero attached hydrogens (tertiary/aromatic N) is 2. The number of hydrogen-bond acceptors (Lipinski definition) is 4. The zero-order chi connectivity index (χ0) is 17.6. The highest BCUT2D eigenvalue weighted by atomic mass is 32.2. The molecule has 2 heterocycles. The van der Waals surface area contributed by atoms with Gasteiger partial charge in [0.15, 0.2) is 0 Å². The lowest BCUT2D eigenvalue weighted by molar-refractivity contribution is -0.116. The van der Waals surface area contributed by atoms with Gasteiger partial charge in [-0.15, -0.1) is 0 Å². The van der Waals surface area contributed by atoms with Gasteiger partial charge in [-0.05, 0) is 36.2 Å². The summed E-state index contributed by atoms with van der Waals surface area (Å²) in [5.41, 5.74) is 2.25. The summed E-state index contributed by atoms with van der Waals surface area (Å²) in [7, 11) is -3.69. The fraction of sp³-hybridized carbons (Fsp3) is 0.278. The second-order valence-corrected chi connectivity index (χ2v) is 7.97. The minimum atomic E-state index is -3.69. The number of amides is 1. The highest BCUT2D eigenvalue weighted by Gasteiger charge is 2.32. The molecule has 0 radical (unpaired) electrons. The van der Waals surface area contributed by atoms with Gasteiger partial charge in [0.05, 0.1) is 22.8 Å². The van der Waals surface area contributed by atoms with Crippen molar-refractivity contribution in [3.63, 3.8) is 0 Å². The van der Waals surface area contributed by atoms with E-state index < -0.39 is 10.0 Å². The van der Waals surface area contributed by atoms with Crippen LogP contribution in [0.4, 0.5) is 11.4 Å². The Morgan fingerprint density at radius 1 is 1.08 bits per heavy atom. The molecule has 0 saturated carbocycles. The first kappa shape index (κ1) is 16.0. The molecule has 2 aromatic carbocycles. The minimum Gasteiger partial charge on any atom is -0.490 e. The largest absolute Gasteiger partial charge is 0.490 e. The summed E-state index contributed by atoms with van der Waals surface area (Å²) in [4.78, 5) is 13.6. The predicted molar refractivity (Wildman–Crippen MR) is 94.6 cm³/mol. The van der Waals surface area contributed by atoms with Crippen LogP contribution in [-0.2, 0) is 21.2 Å². The van der Waals surface area contributed by atoms with Crippen LogP contribution in [0.5, 0.6) is 5.75 Å². The number of sulfonamides is 1. The van der Waals surface area contributed by atoms with Crippen molar-refractivity contribution >= 4 is 27.3 Å². The van der Waals surface area contributed by atoms with Crippen LogP contribution in [-0.4, -0.2) is 34.0 Å². The van der Waals surface area contributed by atoms with Crippen LogP contribution in [0, 0.1) is 0 Å². The van der Waals surface area contributed by atoms with Gasteiger partial charge >= 0.3 is 0 Å². The fourth-order valence-corrected chi connectivity index (χ4v) is 4.89. The molecule has 0 N–H and O–H groups in total. The number of rotatable bonds is 2. The third-order valence-electron chi connectivity index (χ3n) is 4.61. The van der Waals surface area contributed by atoms with E-state index in [1.165, 1.54) is 17.3 Å². The Labute approximate surface area is 146 Å². The molecule has 0 fully saturated rings. The van der Waals surface area contributed by atoms with E-state index in [4.69, 9.17) is 4.74 Å². The Morgan fingerprint density at radius 2 is 1.88 bits per heavy atom. The molecule has 0 unspecified atom stereocenters. The Morgan fingerprint density at radius 3 is 2.68 bits per heavy atom. The van der Waals surface area contributed by atoms with Crippen molar-refractivity contribution in [2.75, 3.05) is 28.9 Å². The van der Waals surface area contributed by atoms with Crippen molar-refractivity contribution in [3.8, 4) is 5.75 Å². The van der Waals surface area contributed by atoms with Crippen LogP contribution in [0.1, 0.15) is 12.5 Å². The molecule has 25 heavy (non-hydrogen) atoms. The van der Waals surface area contributed by atoms with Gasteiger partial charge in [-0.2, -0.15) is 0 Å². The number of para-hydroxylation sites is 1. The lowest BCUT2D eigenvalue weighted by atomic mass is 10.2. The Balaban J connectivity index is 1.78. The fourth-order valence-electron chi connectivity index (χ4n) is 3.37. The second kappa shape index (κ2) is 5.77. The highest BCUT2D eigenvalue weighted by molar-refractivity contribution is 7.92. The smallest absolute Gasteiger partial charge is 0.264 e. The van der Waals surface area contributed by atoms with Gasteiger partial charge in [-0.1, -0.05) is 18.2 Å². The van der Waals surface area contributed by atoms with E-state index in [-0.39, 0.29) is 10.8 Å².